The minimum absolute atomic E-state index is 0.0409. The second-order valence-corrected chi connectivity index (χ2v) is 35.5. The van der Waals surface area contributed by atoms with Crippen LogP contribution < -0.4 is 37.1 Å². The van der Waals surface area contributed by atoms with E-state index in [0.29, 0.717) is 0 Å². The zero-order chi connectivity index (χ0) is 58.1. The quantitative estimate of drug-likeness (QED) is 0.146. The summed E-state index contributed by atoms with van der Waals surface area (Å²) in [4.78, 5) is 0. The monoisotopic (exact) mass is 1100 g/mol. The van der Waals surface area contributed by atoms with E-state index in [-0.39, 0.29) is 39.2 Å². The predicted molar refractivity (Wildman–Crippen MR) is 362 cm³/mol. The van der Waals surface area contributed by atoms with Gasteiger partial charge in [-0.2, -0.15) is 0 Å². The fraction of sp³-hybridized carbons (Fsp3) is 0.308. The van der Waals surface area contributed by atoms with E-state index in [1.54, 1.807) is 15.6 Å². The van der Waals surface area contributed by atoms with Crippen LogP contribution in [0.2, 0.25) is 0 Å². The Bertz CT molecular complexity index is 4890. The SMILES string of the molecule is CC(C)(C)c1ccc2c(c1)[Si]1(c3cc(C(C)(C)C)ccc3-2)c2ccc3c4c2-n2c5c(cc(C(C)(C)C)cc5c5cc(C(C)(C)C)cc1c52)B4c1c2c4ccc(C(C)(C)C)cc4n(-c4ccccc4)c2cc2c4ccc(C(C)(C)C)cc4n-3c12. The highest BCUT2D eigenvalue weighted by atomic mass is 28.3. The highest BCUT2D eigenvalue weighted by Crippen LogP contribution is 2.48. The molecule has 0 saturated heterocycles. The summed E-state index contributed by atoms with van der Waals surface area (Å²) in [5, 5.41) is 14.3. The molecule has 0 bridgehead atoms. The van der Waals surface area contributed by atoms with E-state index in [1.807, 2.05) is 0 Å². The Kier molecular flexibility index (Phi) is 9.70. The molecule has 3 aromatic heterocycles. The van der Waals surface area contributed by atoms with Crippen molar-refractivity contribution in [3.8, 4) is 28.2 Å². The molecule has 0 saturated carbocycles. The van der Waals surface area contributed by atoms with E-state index in [4.69, 9.17) is 0 Å². The molecule has 3 nitrogen and oxygen atoms in total. The van der Waals surface area contributed by atoms with Crippen LogP contribution in [-0.2, 0) is 32.5 Å². The van der Waals surface area contributed by atoms with Gasteiger partial charge < -0.3 is 13.7 Å². The Balaban J connectivity index is 1.20. The molecule has 16 rings (SSSR count). The number of nitrogens with zero attached hydrogens (tertiary/aromatic N) is 3. The fourth-order valence-electron chi connectivity index (χ4n) is 16.0. The summed E-state index contributed by atoms with van der Waals surface area (Å²) in [5.41, 5.74) is 26.9. The molecule has 83 heavy (non-hydrogen) atoms. The van der Waals surface area contributed by atoms with E-state index in [0.717, 1.165) is 0 Å². The summed E-state index contributed by atoms with van der Waals surface area (Å²) in [7, 11) is -3.24. The standard InChI is InChI=1S/C78H78BN3Si/c1-73(2,3)43-24-28-50-56-42-61-66(53-31-27-44(74(4,5)6)38-60(53)80(61)49-22-20-19-21-23-49)68-71(56)81(59(50)37-43)58-32-33-62-72-67(58)79(68)57-36-47(77(13,14)15)34-54-55-35-48(78(16,17)18)41-65(70(55)82(72)69(54)57)83(62)63-39-45(75(7,8)9)25-29-51(63)52-30-26-46(40-64(52)83)76(10,11)12/h19-42H,1-18H3. The first-order valence-corrected chi connectivity index (χ1v) is 32.8. The van der Waals surface area contributed by atoms with Crippen LogP contribution in [0.25, 0.3) is 93.6 Å². The highest BCUT2D eigenvalue weighted by molar-refractivity contribution is 7.24. The van der Waals surface area contributed by atoms with Gasteiger partial charge in [0.25, 0.3) is 6.71 Å². The van der Waals surface area contributed by atoms with Crippen LogP contribution in [0.4, 0.5) is 0 Å². The van der Waals surface area contributed by atoms with E-state index < -0.39 is 8.07 Å². The van der Waals surface area contributed by atoms with Crippen molar-refractivity contribution in [3.05, 3.63) is 179 Å². The Morgan fingerprint density at radius 2 is 0.807 bits per heavy atom. The molecule has 0 N–H and O–H groups in total. The Morgan fingerprint density at radius 3 is 1.37 bits per heavy atom. The largest absolute Gasteiger partial charge is 0.310 e. The molecule has 1 spiro atoms. The molecule has 0 radical (unpaired) electrons. The van der Waals surface area contributed by atoms with E-state index in [1.165, 1.54) is 149 Å². The van der Waals surface area contributed by atoms with Crippen LogP contribution in [0.3, 0.4) is 0 Å². The number of hydrogen-bond donors (Lipinski definition) is 0. The van der Waals surface area contributed by atoms with Gasteiger partial charge in [0, 0.05) is 54.9 Å². The molecule has 7 heterocycles. The van der Waals surface area contributed by atoms with Gasteiger partial charge in [0.2, 0.25) is 0 Å². The summed E-state index contributed by atoms with van der Waals surface area (Å²) in [6, 6.07) is 60.1. The normalized spacial score (nSPS) is 15.2. The van der Waals surface area contributed by atoms with Crippen LogP contribution >= 0.6 is 0 Å². The molecule has 9 aromatic carbocycles. The maximum absolute atomic E-state index is 3.24. The van der Waals surface area contributed by atoms with Crippen LogP contribution in [0.1, 0.15) is 158 Å². The number of hydrogen-bond acceptors (Lipinski definition) is 0. The molecule has 4 aliphatic rings. The van der Waals surface area contributed by atoms with Gasteiger partial charge in [-0.25, -0.2) is 0 Å². The summed E-state index contributed by atoms with van der Waals surface area (Å²) < 4.78 is 8.26. The lowest BCUT2D eigenvalue weighted by Crippen LogP contribution is -2.77. The van der Waals surface area contributed by atoms with E-state index >= 15 is 0 Å². The van der Waals surface area contributed by atoms with Gasteiger partial charge in [0.15, 0.2) is 8.07 Å². The lowest BCUT2D eigenvalue weighted by Gasteiger charge is -2.43. The molecule has 0 amide bonds. The zero-order valence-electron chi connectivity index (χ0n) is 52.3. The second-order valence-electron chi connectivity index (χ2n) is 31.9. The molecule has 0 fully saturated rings. The van der Waals surface area contributed by atoms with Gasteiger partial charge in [-0.15, -0.1) is 0 Å². The smallest absolute Gasteiger partial charge is 0.253 e. The van der Waals surface area contributed by atoms with Crippen molar-refractivity contribution in [1.82, 2.24) is 13.7 Å². The Morgan fingerprint density at radius 1 is 0.325 bits per heavy atom. The minimum atomic E-state index is -3.24. The summed E-state index contributed by atoms with van der Waals surface area (Å²) in [6.45, 7) is 43.2. The minimum Gasteiger partial charge on any atom is -0.310 e. The first kappa shape index (κ1) is 51.3. The van der Waals surface area contributed by atoms with Crippen molar-refractivity contribution < 1.29 is 0 Å². The van der Waals surface area contributed by atoms with Gasteiger partial charge in [-0.1, -0.05) is 222 Å². The third kappa shape index (κ3) is 6.53. The van der Waals surface area contributed by atoms with Gasteiger partial charge in [-0.05, 0) is 163 Å². The average molecular weight is 1100 g/mol. The number of rotatable bonds is 1. The first-order chi connectivity index (χ1) is 39.0. The lowest BCUT2D eigenvalue weighted by atomic mass is 9.33. The summed E-state index contributed by atoms with van der Waals surface area (Å²) in [5.74, 6) is 0. The van der Waals surface area contributed by atoms with Crippen LogP contribution in [0.5, 0.6) is 0 Å². The molecular formula is C78H78BN3Si. The molecular weight excluding hydrogens is 1020 g/mol. The van der Waals surface area contributed by atoms with Gasteiger partial charge in [0.1, 0.15) is 0 Å². The third-order valence-electron chi connectivity index (χ3n) is 20.5. The van der Waals surface area contributed by atoms with Crippen molar-refractivity contribution in [2.75, 3.05) is 0 Å². The molecule has 5 heteroatoms. The molecule has 12 aromatic rings. The highest BCUT2D eigenvalue weighted by Gasteiger charge is 2.57. The average Bonchev–Trinajstić information content (AvgIpc) is 1.59. The number of fused-ring (bicyclic) bond motifs is 18. The van der Waals surface area contributed by atoms with Crippen molar-refractivity contribution in [2.45, 2.75) is 157 Å². The van der Waals surface area contributed by atoms with E-state index in [2.05, 4.69) is 284 Å². The molecule has 0 aliphatic carbocycles. The third-order valence-corrected chi connectivity index (χ3v) is 25.4. The van der Waals surface area contributed by atoms with Crippen LogP contribution in [0.15, 0.2) is 146 Å². The maximum Gasteiger partial charge on any atom is 0.253 e. The van der Waals surface area contributed by atoms with Gasteiger partial charge in [-0.3, -0.25) is 0 Å². The molecule has 412 valence electrons. The maximum atomic E-state index is 2.87. The first-order valence-electron chi connectivity index (χ1n) is 30.8. The molecule has 0 atom stereocenters. The van der Waals surface area contributed by atoms with Gasteiger partial charge in [0.05, 0.1) is 27.6 Å². The lowest BCUT2D eigenvalue weighted by molar-refractivity contribution is 0.590. The van der Waals surface area contributed by atoms with Crippen molar-refractivity contribution in [2.24, 2.45) is 0 Å². The fourth-order valence-corrected chi connectivity index (χ4v) is 21.6. The zero-order valence-corrected chi connectivity index (χ0v) is 53.3. The van der Waals surface area contributed by atoms with E-state index in [9.17, 15) is 0 Å². The molecule has 4 aliphatic heterocycles. The number of para-hydroxylation sites is 1. The van der Waals surface area contributed by atoms with Gasteiger partial charge >= 0.3 is 0 Å². The molecule has 0 unspecified atom stereocenters. The summed E-state index contributed by atoms with van der Waals surface area (Å²) in [6.07, 6.45) is 0. The second kappa shape index (κ2) is 15.7. The van der Waals surface area contributed by atoms with Crippen molar-refractivity contribution in [3.63, 3.8) is 0 Å². The summed E-state index contributed by atoms with van der Waals surface area (Å²) >= 11 is 0. The van der Waals surface area contributed by atoms with Crippen LogP contribution in [-0.4, -0.2) is 28.5 Å². The Hall–Kier alpha value is -7.34. The number of aromatic nitrogens is 3. The topological polar surface area (TPSA) is 14.8 Å². The van der Waals surface area contributed by atoms with Crippen LogP contribution in [0, 0.1) is 0 Å². The number of benzene rings is 9. The Labute approximate surface area is 492 Å². The van der Waals surface area contributed by atoms with Crippen molar-refractivity contribution in [1.29, 1.82) is 0 Å². The van der Waals surface area contributed by atoms with Crippen molar-refractivity contribution >= 4 is 117 Å². The predicted octanol–water partition coefficient (Wildman–Crippen LogP) is 15.6.